The van der Waals surface area contributed by atoms with Gasteiger partial charge in [-0.15, -0.1) is 11.3 Å². The number of thiophene rings is 1. The molecule has 0 saturated carbocycles. The van der Waals surface area contributed by atoms with Gasteiger partial charge in [0.2, 0.25) is 5.91 Å². The van der Waals surface area contributed by atoms with E-state index in [2.05, 4.69) is 5.10 Å². The number of amides is 1. The van der Waals surface area contributed by atoms with Gasteiger partial charge in [0.25, 0.3) is 5.56 Å². The SMILES string of the molecule is CC(C)c1nn(CC(N)=O)c(=O)c2cc3sc(Cl)cc3n12. The zero-order valence-electron chi connectivity index (χ0n) is 11.5. The second kappa shape index (κ2) is 4.85. The summed E-state index contributed by atoms with van der Waals surface area (Å²) < 4.78 is 4.50. The average Bonchev–Trinajstić information content (AvgIpc) is 2.88. The Kier molecular flexibility index (Phi) is 3.26. The molecule has 0 radical (unpaired) electrons. The first kappa shape index (κ1) is 14.1. The van der Waals surface area contributed by atoms with Crippen molar-refractivity contribution < 1.29 is 4.79 Å². The molecule has 6 nitrogen and oxygen atoms in total. The third kappa shape index (κ3) is 2.22. The standard InChI is InChI=1S/C13H13ClN4O2S/c1-6(2)12-16-17(5-11(15)19)13(20)8-3-9-7(18(8)12)4-10(14)21-9/h3-4,6H,5H2,1-2H3,(H2,15,19). The molecule has 3 aromatic heterocycles. The topological polar surface area (TPSA) is 82.4 Å². The lowest BCUT2D eigenvalue weighted by Crippen LogP contribution is -2.32. The Morgan fingerprint density at radius 3 is 2.76 bits per heavy atom. The summed E-state index contributed by atoms with van der Waals surface area (Å²) in [5.74, 6) is 0.164. The van der Waals surface area contributed by atoms with Crippen molar-refractivity contribution in [3.8, 4) is 0 Å². The van der Waals surface area contributed by atoms with Gasteiger partial charge in [-0.3, -0.25) is 14.0 Å². The zero-order valence-corrected chi connectivity index (χ0v) is 13.0. The summed E-state index contributed by atoms with van der Waals surface area (Å²) in [4.78, 5) is 23.5. The number of aromatic nitrogens is 3. The van der Waals surface area contributed by atoms with Gasteiger partial charge in [-0.25, -0.2) is 4.68 Å². The lowest BCUT2D eigenvalue weighted by molar-refractivity contribution is -0.118. The van der Waals surface area contributed by atoms with Crippen LogP contribution in [0.15, 0.2) is 16.9 Å². The van der Waals surface area contributed by atoms with Crippen LogP contribution in [-0.2, 0) is 11.3 Å². The maximum atomic E-state index is 12.4. The highest BCUT2D eigenvalue weighted by Crippen LogP contribution is 2.32. The number of nitrogens with two attached hydrogens (primary N) is 1. The summed E-state index contributed by atoms with van der Waals surface area (Å²) in [5, 5.41) is 4.30. The first-order valence-corrected chi connectivity index (χ1v) is 7.57. The van der Waals surface area contributed by atoms with E-state index in [0.29, 0.717) is 15.7 Å². The van der Waals surface area contributed by atoms with Gasteiger partial charge < -0.3 is 5.73 Å². The minimum Gasteiger partial charge on any atom is -0.368 e. The van der Waals surface area contributed by atoms with Crippen LogP contribution in [0.1, 0.15) is 25.6 Å². The fraction of sp³-hybridized carbons (Fsp3) is 0.308. The van der Waals surface area contributed by atoms with Gasteiger partial charge in [0.05, 0.1) is 14.6 Å². The molecule has 0 atom stereocenters. The predicted molar refractivity (Wildman–Crippen MR) is 83.1 cm³/mol. The molecule has 8 heteroatoms. The van der Waals surface area contributed by atoms with Gasteiger partial charge in [0, 0.05) is 5.92 Å². The molecule has 0 bridgehead atoms. The Morgan fingerprint density at radius 2 is 2.14 bits per heavy atom. The highest BCUT2D eigenvalue weighted by Gasteiger charge is 2.18. The fourth-order valence-corrected chi connectivity index (χ4v) is 3.50. The number of nitrogens with zero attached hydrogens (tertiary/aromatic N) is 3. The molecule has 3 heterocycles. The van der Waals surface area contributed by atoms with Crippen molar-refractivity contribution >= 4 is 44.6 Å². The Morgan fingerprint density at radius 1 is 1.43 bits per heavy atom. The predicted octanol–water partition coefficient (Wildman–Crippen LogP) is 1.97. The number of halogens is 1. The Labute approximate surface area is 128 Å². The van der Waals surface area contributed by atoms with Crippen LogP contribution in [0.25, 0.3) is 15.7 Å². The van der Waals surface area contributed by atoms with Gasteiger partial charge in [-0.2, -0.15) is 5.10 Å². The minimum absolute atomic E-state index is 0.0708. The molecular weight excluding hydrogens is 312 g/mol. The molecule has 0 aliphatic heterocycles. The summed E-state index contributed by atoms with van der Waals surface area (Å²) in [5.41, 5.74) is 6.18. The zero-order chi connectivity index (χ0) is 15.3. The van der Waals surface area contributed by atoms with E-state index in [-0.39, 0.29) is 18.0 Å². The van der Waals surface area contributed by atoms with E-state index in [9.17, 15) is 9.59 Å². The van der Waals surface area contributed by atoms with E-state index in [1.165, 1.54) is 11.3 Å². The molecule has 0 saturated heterocycles. The molecule has 0 aromatic carbocycles. The lowest BCUT2D eigenvalue weighted by Gasteiger charge is -2.12. The largest absolute Gasteiger partial charge is 0.368 e. The van der Waals surface area contributed by atoms with E-state index >= 15 is 0 Å². The van der Waals surface area contributed by atoms with Crippen molar-refractivity contribution in [1.82, 2.24) is 14.2 Å². The van der Waals surface area contributed by atoms with Crippen LogP contribution in [0.3, 0.4) is 0 Å². The highest BCUT2D eigenvalue weighted by atomic mass is 35.5. The van der Waals surface area contributed by atoms with Crippen LogP contribution in [-0.4, -0.2) is 20.1 Å². The third-order valence-corrected chi connectivity index (χ3v) is 4.39. The van der Waals surface area contributed by atoms with Crippen molar-refractivity contribution in [2.75, 3.05) is 0 Å². The maximum Gasteiger partial charge on any atom is 0.291 e. The van der Waals surface area contributed by atoms with Gasteiger partial charge >= 0.3 is 0 Å². The van der Waals surface area contributed by atoms with Gasteiger partial charge in [-0.1, -0.05) is 25.4 Å². The fourth-order valence-electron chi connectivity index (χ4n) is 2.34. The summed E-state index contributed by atoms with van der Waals surface area (Å²) in [6.45, 7) is 3.72. The number of fused-ring (bicyclic) bond motifs is 3. The Balaban J connectivity index is 2.44. The van der Waals surface area contributed by atoms with E-state index in [1.807, 2.05) is 24.3 Å². The monoisotopic (exact) mass is 324 g/mol. The number of rotatable bonds is 3. The number of hydrogen-bond acceptors (Lipinski definition) is 4. The van der Waals surface area contributed by atoms with Crippen LogP contribution >= 0.6 is 22.9 Å². The lowest BCUT2D eigenvalue weighted by atomic mass is 10.2. The average molecular weight is 325 g/mol. The van der Waals surface area contributed by atoms with Crippen molar-refractivity contribution in [1.29, 1.82) is 0 Å². The second-order valence-corrected chi connectivity index (χ2v) is 6.82. The van der Waals surface area contributed by atoms with E-state index in [1.54, 1.807) is 6.07 Å². The third-order valence-electron chi connectivity index (χ3n) is 3.19. The van der Waals surface area contributed by atoms with Crippen molar-refractivity contribution in [2.24, 2.45) is 5.73 Å². The minimum atomic E-state index is -0.597. The maximum absolute atomic E-state index is 12.4. The quantitative estimate of drug-likeness (QED) is 0.799. The van der Waals surface area contributed by atoms with Crippen LogP contribution in [0.5, 0.6) is 0 Å². The van der Waals surface area contributed by atoms with E-state index in [4.69, 9.17) is 17.3 Å². The molecule has 0 fully saturated rings. The molecule has 110 valence electrons. The molecule has 1 amide bonds. The van der Waals surface area contributed by atoms with Crippen LogP contribution in [0.2, 0.25) is 4.34 Å². The smallest absolute Gasteiger partial charge is 0.291 e. The van der Waals surface area contributed by atoms with E-state index in [0.717, 1.165) is 14.9 Å². The number of primary amides is 1. The molecule has 21 heavy (non-hydrogen) atoms. The van der Waals surface area contributed by atoms with Crippen molar-refractivity contribution in [3.63, 3.8) is 0 Å². The van der Waals surface area contributed by atoms with Crippen LogP contribution in [0.4, 0.5) is 0 Å². The summed E-state index contributed by atoms with van der Waals surface area (Å²) in [7, 11) is 0. The first-order valence-electron chi connectivity index (χ1n) is 6.38. The van der Waals surface area contributed by atoms with Crippen molar-refractivity contribution in [3.05, 3.63) is 32.6 Å². The van der Waals surface area contributed by atoms with Gasteiger partial charge in [0.15, 0.2) is 0 Å². The summed E-state index contributed by atoms with van der Waals surface area (Å²) >= 11 is 7.44. The molecule has 3 rings (SSSR count). The van der Waals surface area contributed by atoms with Crippen molar-refractivity contribution in [2.45, 2.75) is 26.3 Å². The van der Waals surface area contributed by atoms with E-state index < -0.39 is 5.91 Å². The Hall–Kier alpha value is -1.86. The number of hydrogen-bond donors (Lipinski definition) is 1. The summed E-state index contributed by atoms with van der Waals surface area (Å²) in [6, 6.07) is 3.60. The first-order chi connectivity index (χ1) is 9.88. The van der Waals surface area contributed by atoms with Gasteiger partial charge in [-0.05, 0) is 12.1 Å². The van der Waals surface area contributed by atoms with Gasteiger partial charge in [0.1, 0.15) is 17.9 Å². The normalized spacial score (nSPS) is 11.8. The molecule has 0 spiro atoms. The Bertz CT molecular complexity index is 922. The summed E-state index contributed by atoms with van der Waals surface area (Å²) in [6.07, 6.45) is 0. The molecule has 2 N–H and O–H groups in total. The molecular formula is C13H13ClN4O2S. The molecule has 3 aromatic rings. The molecule has 0 aliphatic carbocycles. The molecule has 0 unspecified atom stereocenters. The van der Waals surface area contributed by atoms with Crippen LogP contribution < -0.4 is 11.3 Å². The second-order valence-electron chi connectivity index (χ2n) is 5.11. The highest BCUT2D eigenvalue weighted by molar-refractivity contribution is 7.22. The number of carbonyl (C=O) groups is 1. The number of carbonyl (C=O) groups excluding carboxylic acids is 1. The molecule has 0 aliphatic rings. The van der Waals surface area contributed by atoms with Crippen LogP contribution in [0, 0.1) is 0 Å².